The Morgan fingerprint density at radius 1 is 0.951 bits per heavy atom. The van der Waals surface area contributed by atoms with Crippen molar-refractivity contribution in [1.29, 1.82) is 0 Å². The van der Waals surface area contributed by atoms with E-state index in [2.05, 4.69) is 0 Å². The normalized spacial score (nSPS) is 18.0. The van der Waals surface area contributed by atoms with Gasteiger partial charge in [-0.25, -0.2) is 9.59 Å². The summed E-state index contributed by atoms with van der Waals surface area (Å²) < 4.78 is 94.4. The first-order valence-corrected chi connectivity index (χ1v) is 12.8. The zero-order chi connectivity index (χ0) is 30.2. The number of benzene rings is 2. The van der Waals surface area contributed by atoms with Crippen LogP contribution < -0.4 is 10.4 Å². The van der Waals surface area contributed by atoms with Crippen LogP contribution in [-0.2, 0) is 22.9 Å². The van der Waals surface area contributed by atoms with Crippen LogP contribution in [0.5, 0.6) is 5.75 Å². The summed E-state index contributed by atoms with van der Waals surface area (Å²) in [5.74, 6) is -1.21. The number of imide groups is 1. The van der Waals surface area contributed by atoms with Crippen LogP contribution in [0.15, 0.2) is 57.7 Å². The quantitative estimate of drug-likeness (QED) is 0.128. The highest BCUT2D eigenvalue weighted by atomic mass is 19.4. The van der Waals surface area contributed by atoms with Gasteiger partial charge in [-0.3, -0.25) is 9.69 Å². The molecule has 1 aliphatic heterocycles. The maximum atomic E-state index is 14.4. The van der Waals surface area contributed by atoms with Gasteiger partial charge in [0.15, 0.2) is 0 Å². The minimum Gasteiger partial charge on any atom is -0.493 e. The number of rotatable bonds is 9. The predicted octanol–water partition coefficient (Wildman–Crippen LogP) is 6.28. The average Bonchev–Trinajstić information content (AvgIpc) is 3.09. The molecule has 0 bridgehead atoms. The molecule has 1 fully saturated rings. The van der Waals surface area contributed by atoms with E-state index in [1.807, 2.05) is 0 Å². The lowest BCUT2D eigenvalue weighted by Gasteiger charge is -2.34. The minimum atomic E-state index is -5.08. The van der Waals surface area contributed by atoms with Gasteiger partial charge in [-0.2, -0.15) is 26.3 Å². The molecule has 41 heavy (non-hydrogen) atoms. The van der Waals surface area contributed by atoms with E-state index in [9.17, 15) is 40.7 Å². The number of fused-ring (bicyclic) bond motifs is 1. The van der Waals surface area contributed by atoms with Crippen molar-refractivity contribution >= 4 is 22.9 Å². The van der Waals surface area contributed by atoms with Gasteiger partial charge in [0.2, 0.25) is 5.54 Å². The lowest BCUT2D eigenvalue weighted by Crippen LogP contribution is -2.56. The van der Waals surface area contributed by atoms with Gasteiger partial charge in [0.25, 0.3) is 5.91 Å². The summed E-state index contributed by atoms with van der Waals surface area (Å²) >= 11 is 0. The second kappa shape index (κ2) is 11.1. The van der Waals surface area contributed by atoms with Gasteiger partial charge < -0.3 is 14.1 Å². The van der Waals surface area contributed by atoms with E-state index in [0.717, 1.165) is 25.2 Å². The van der Waals surface area contributed by atoms with Crippen molar-refractivity contribution in [3.05, 3.63) is 75.6 Å². The number of likely N-dealkylation sites (N-methyl/N-ethyl adjacent to an activating group) is 1. The van der Waals surface area contributed by atoms with E-state index >= 15 is 0 Å². The van der Waals surface area contributed by atoms with Crippen LogP contribution in [0.25, 0.3) is 11.0 Å². The summed E-state index contributed by atoms with van der Waals surface area (Å²) in [5.41, 5.74) is -5.76. The standard InChI is InChI=1S/C28H26F6N2O5/c1-3-9-19-21(13-12-18-20(27(29,30)31)16-22(37)41-23(18)19)40-15-8-7-14-36-24(38)26(28(32,33)34,35(2)25(36)39)17-10-5-4-6-11-17/h4-6,10-13,16H,3,7-9,14-15H2,1-2H3. The highest BCUT2D eigenvalue weighted by Gasteiger charge is 2.71. The number of hydrogen-bond acceptors (Lipinski definition) is 5. The zero-order valence-corrected chi connectivity index (χ0v) is 22.1. The topological polar surface area (TPSA) is 80.1 Å². The van der Waals surface area contributed by atoms with Crippen molar-refractivity contribution in [3.63, 3.8) is 0 Å². The Balaban J connectivity index is 1.49. The predicted molar refractivity (Wildman–Crippen MR) is 135 cm³/mol. The second-order valence-electron chi connectivity index (χ2n) is 9.57. The van der Waals surface area contributed by atoms with E-state index in [-0.39, 0.29) is 60.3 Å². The van der Waals surface area contributed by atoms with Crippen LogP contribution in [0.2, 0.25) is 0 Å². The van der Waals surface area contributed by atoms with Crippen molar-refractivity contribution in [3.8, 4) is 5.75 Å². The maximum Gasteiger partial charge on any atom is 0.425 e. The molecule has 1 saturated heterocycles. The lowest BCUT2D eigenvalue weighted by molar-refractivity contribution is -0.217. The third-order valence-electron chi connectivity index (χ3n) is 6.99. The number of ether oxygens (including phenoxy) is 1. The minimum absolute atomic E-state index is 0.0272. The molecule has 1 unspecified atom stereocenters. The summed E-state index contributed by atoms with van der Waals surface area (Å²) in [6, 6.07) is 8.27. The number of hydrogen-bond donors (Lipinski definition) is 0. The number of carbonyl (C=O) groups excluding carboxylic acids is 2. The van der Waals surface area contributed by atoms with E-state index in [1.54, 1.807) is 6.92 Å². The van der Waals surface area contributed by atoms with E-state index < -0.39 is 41.0 Å². The molecule has 1 atom stereocenters. The Kier molecular flexibility index (Phi) is 8.10. The highest BCUT2D eigenvalue weighted by molar-refractivity contribution is 6.08. The molecule has 0 aliphatic carbocycles. The average molecular weight is 585 g/mol. The van der Waals surface area contributed by atoms with Crippen LogP contribution >= 0.6 is 0 Å². The Hall–Kier alpha value is -4.03. The van der Waals surface area contributed by atoms with Gasteiger partial charge in [-0.05, 0) is 37.0 Å². The van der Waals surface area contributed by atoms with Crippen LogP contribution in [0.1, 0.15) is 42.9 Å². The SMILES string of the molecule is CCCc1c(OCCCCN2C(=O)N(C)C(c3ccccc3)(C(F)(F)F)C2=O)ccc2c(C(F)(F)F)cc(=O)oc12. The molecule has 1 aromatic heterocycles. The number of carbonyl (C=O) groups is 2. The van der Waals surface area contributed by atoms with Crippen LogP contribution in [0, 0.1) is 0 Å². The molecule has 7 nitrogen and oxygen atoms in total. The molecule has 1 aliphatic rings. The number of urea groups is 1. The fourth-order valence-electron chi connectivity index (χ4n) is 5.09. The Morgan fingerprint density at radius 2 is 1.63 bits per heavy atom. The molecule has 3 amide bonds. The fourth-order valence-corrected chi connectivity index (χ4v) is 5.09. The van der Waals surface area contributed by atoms with Gasteiger partial charge in [-0.15, -0.1) is 0 Å². The van der Waals surface area contributed by atoms with Crippen molar-refractivity contribution in [2.24, 2.45) is 0 Å². The monoisotopic (exact) mass is 584 g/mol. The molecule has 2 heterocycles. The van der Waals surface area contributed by atoms with Crippen LogP contribution in [-0.4, -0.2) is 48.1 Å². The van der Waals surface area contributed by atoms with Gasteiger partial charge in [0.1, 0.15) is 11.3 Å². The number of nitrogens with zero attached hydrogens (tertiary/aromatic N) is 2. The number of halogens is 6. The van der Waals surface area contributed by atoms with Crippen LogP contribution in [0.3, 0.4) is 0 Å². The largest absolute Gasteiger partial charge is 0.493 e. The number of unbranched alkanes of at least 4 members (excludes halogenated alkanes) is 1. The third kappa shape index (κ3) is 5.24. The maximum absolute atomic E-state index is 14.4. The molecule has 220 valence electrons. The van der Waals surface area contributed by atoms with Gasteiger partial charge in [0, 0.05) is 30.6 Å². The fraction of sp³-hybridized carbons (Fsp3) is 0.393. The molecular formula is C28H26F6N2O5. The van der Waals surface area contributed by atoms with Crippen LogP contribution in [0.4, 0.5) is 31.1 Å². The first kappa shape index (κ1) is 29.9. The van der Waals surface area contributed by atoms with Gasteiger partial charge in [0.05, 0.1) is 12.2 Å². The Bertz CT molecular complexity index is 1500. The molecule has 0 N–H and O–H groups in total. The molecule has 13 heteroatoms. The summed E-state index contributed by atoms with van der Waals surface area (Å²) in [6.07, 6.45) is -8.81. The molecule has 3 aromatic rings. The first-order chi connectivity index (χ1) is 19.2. The summed E-state index contributed by atoms with van der Waals surface area (Å²) in [7, 11) is 0.932. The number of alkyl halides is 6. The van der Waals surface area contributed by atoms with Gasteiger partial charge >= 0.3 is 24.0 Å². The van der Waals surface area contributed by atoms with Crippen molar-refractivity contribution < 1.29 is 45.1 Å². The van der Waals surface area contributed by atoms with Gasteiger partial charge in [-0.1, -0.05) is 43.7 Å². The van der Waals surface area contributed by atoms with E-state index in [0.29, 0.717) is 22.3 Å². The Morgan fingerprint density at radius 3 is 2.24 bits per heavy atom. The smallest absolute Gasteiger partial charge is 0.425 e. The van der Waals surface area contributed by atoms with Crippen molar-refractivity contribution in [2.75, 3.05) is 20.2 Å². The highest BCUT2D eigenvalue weighted by Crippen LogP contribution is 2.48. The Labute approximate surface area is 230 Å². The first-order valence-electron chi connectivity index (χ1n) is 12.8. The molecule has 4 rings (SSSR count). The zero-order valence-electron chi connectivity index (χ0n) is 22.1. The third-order valence-corrected chi connectivity index (χ3v) is 6.99. The molecule has 2 aromatic carbocycles. The summed E-state index contributed by atoms with van der Waals surface area (Å²) in [5, 5.41) is -0.283. The summed E-state index contributed by atoms with van der Waals surface area (Å²) in [6.45, 7) is 1.45. The molecule has 0 saturated carbocycles. The lowest BCUT2D eigenvalue weighted by atomic mass is 9.87. The van der Waals surface area contributed by atoms with E-state index in [4.69, 9.17) is 9.15 Å². The number of amides is 3. The van der Waals surface area contributed by atoms with E-state index in [1.165, 1.54) is 24.3 Å². The van der Waals surface area contributed by atoms with Crippen molar-refractivity contribution in [1.82, 2.24) is 9.80 Å². The molecule has 0 radical (unpaired) electrons. The second-order valence-corrected chi connectivity index (χ2v) is 9.57. The molecule has 0 spiro atoms. The molecular weight excluding hydrogens is 558 g/mol. The number of aryl methyl sites for hydroxylation is 1. The van der Waals surface area contributed by atoms with Crippen molar-refractivity contribution in [2.45, 2.75) is 50.5 Å². The summed E-state index contributed by atoms with van der Waals surface area (Å²) in [4.78, 5) is 38.8.